The average molecular weight is 350 g/mol. The number of hydrogen-bond acceptors (Lipinski definition) is 3. The van der Waals surface area contributed by atoms with E-state index in [1.54, 1.807) is 0 Å². The Bertz CT molecular complexity index is 521. The SMILES string of the molecule is O=C(O)[C@@H]1CN(C(=O)NC2CCOC3(CCC3)C2)C[C@H]1C(F)(F)F. The molecule has 136 valence electrons. The summed E-state index contributed by atoms with van der Waals surface area (Å²) < 4.78 is 44.7. The number of nitrogens with zero attached hydrogens (tertiary/aromatic N) is 1. The lowest BCUT2D eigenvalue weighted by atomic mass is 9.74. The largest absolute Gasteiger partial charge is 0.481 e. The molecule has 2 saturated heterocycles. The van der Waals surface area contributed by atoms with E-state index in [0.29, 0.717) is 19.4 Å². The first-order valence-corrected chi connectivity index (χ1v) is 8.19. The molecule has 9 heteroatoms. The fraction of sp³-hybridized carbons (Fsp3) is 0.867. The molecule has 0 bridgehead atoms. The second-order valence-electron chi connectivity index (χ2n) is 7.02. The van der Waals surface area contributed by atoms with Gasteiger partial charge in [-0.25, -0.2) is 4.79 Å². The van der Waals surface area contributed by atoms with Crippen LogP contribution in [0.1, 0.15) is 32.1 Å². The number of hydrogen-bond donors (Lipinski definition) is 2. The van der Waals surface area contributed by atoms with E-state index in [1.807, 2.05) is 0 Å². The molecule has 0 aromatic rings. The smallest absolute Gasteiger partial charge is 0.394 e. The highest BCUT2D eigenvalue weighted by molar-refractivity contribution is 5.78. The molecule has 3 aliphatic rings. The molecule has 0 aromatic carbocycles. The Morgan fingerprint density at radius 1 is 1.25 bits per heavy atom. The van der Waals surface area contributed by atoms with Gasteiger partial charge in [0.1, 0.15) is 0 Å². The Hall–Kier alpha value is -1.51. The molecular formula is C15H21F3N2O4. The molecule has 1 aliphatic carbocycles. The monoisotopic (exact) mass is 350 g/mol. The molecule has 0 radical (unpaired) electrons. The van der Waals surface area contributed by atoms with E-state index >= 15 is 0 Å². The molecule has 1 unspecified atom stereocenters. The summed E-state index contributed by atoms with van der Waals surface area (Å²) >= 11 is 0. The van der Waals surface area contributed by atoms with Gasteiger partial charge in [-0.05, 0) is 32.1 Å². The van der Waals surface area contributed by atoms with Gasteiger partial charge in [0, 0.05) is 25.7 Å². The minimum Gasteiger partial charge on any atom is -0.481 e. The Morgan fingerprint density at radius 2 is 1.96 bits per heavy atom. The highest BCUT2D eigenvalue weighted by Gasteiger charge is 2.53. The van der Waals surface area contributed by atoms with Gasteiger partial charge in [0.25, 0.3) is 0 Å². The van der Waals surface area contributed by atoms with Crippen LogP contribution < -0.4 is 5.32 Å². The van der Waals surface area contributed by atoms with E-state index in [1.165, 1.54) is 0 Å². The van der Waals surface area contributed by atoms with E-state index in [4.69, 9.17) is 9.84 Å². The number of rotatable bonds is 2. The van der Waals surface area contributed by atoms with Gasteiger partial charge in [0.15, 0.2) is 0 Å². The van der Waals surface area contributed by atoms with Crippen molar-refractivity contribution in [3.8, 4) is 0 Å². The first-order valence-electron chi connectivity index (χ1n) is 8.19. The summed E-state index contributed by atoms with van der Waals surface area (Å²) in [6.45, 7) is -0.506. The van der Waals surface area contributed by atoms with Crippen LogP contribution in [0, 0.1) is 11.8 Å². The lowest BCUT2D eigenvalue weighted by Crippen LogP contribution is -2.54. The number of amides is 2. The summed E-state index contributed by atoms with van der Waals surface area (Å²) in [7, 11) is 0. The van der Waals surface area contributed by atoms with Gasteiger partial charge in [-0.1, -0.05) is 0 Å². The summed E-state index contributed by atoms with van der Waals surface area (Å²) in [6.07, 6.45) is -0.377. The van der Waals surface area contributed by atoms with Crippen molar-refractivity contribution in [2.45, 2.75) is 49.9 Å². The fourth-order valence-corrected chi connectivity index (χ4v) is 3.89. The Kier molecular flexibility index (Phi) is 4.39. The second-order valence-corrected chi connectivity index (χ2v) is 7.02. The maximum absolute atomic E-state index is 13.0. The van der Waals surface area contributed by atoms with Crippen LogP contribution in [-0.2, 0) is 9.53 Å². The van der Waals surface area contributed by atoms with Crippen molar-refractivity contribution in [1.29, 1.82) is 0 Å². The maximum Gasteiger partial charge on any atom is 0.394 e. The molecule has 0 aromatic heterocycles. The van der Waals surface area contributed by atoms with Gasteiger partial charge in [0.2, 0.25) is 0 Å². The number of carbonyl (C=O) groups excluding carboxylic acids is 1. The molecule has 3 atom stereocenters. The third kappa shape index (κ3) is 3.31. The molecule has 2 heterocycles. The van der Waals surface area contributed by atoms with E-state index in [-0.39, 0.29) is 11.6 Å². The number of carboxylic acids is 1. The van der Waals surface area contributed by atoms with Gasteiger partial charge >= 0.3 is 18.2 Å². The van der Waals surface area contributed by atoms with Crippen LogP contribution in [0.5, 0.6) is 0 Å². The zero-order chi connectivity index (χ0) is 17.5. The number of carboxylic acid groups (broad SMARTS) is 1. The molecule has 3 rings (SSSR count). The second kappa shape index (κ2) is 6.09. The van der Waals surface area contributed by atoms with Crippen molar-refractivity contribution in [2.75, 3.05) is 19.7 Å². The number of aliphatic carboxylic acids is 1. The minimum absolute atomic E-state index is 0.139. The minimum atomic E-state index is -4.63. The van der Waals surface area contributed by atoms with Crippen LogP contribution in [0.4, 0.5) is 18.0 Å². The normalized spacial score (nSPS) is 32.5. The van der Waals surface area contributed by atoms with Crippen LogP contribution >= 0.6 is 0 Å². The van der Waals surface area contributed by atoms with Gasteiger partial charge in [-0.15, -0.1) is 0 Å². The molecule has 2 N–H and O–H groups in total. The van der Waals surface area contributed by atoms with Crippen LogP contribution in [0.2, 0.25) is 0 Å². The van der Waals surface area contributed by atoms with E-state index in [9.17, 15) is 22.8 Å². The van der Waals surface area contributed by atoms with E-state index in [0.717, 1.165) is 24.2 Å². The van der Waals surface area contributed by atoms with Crippen molar-refractivity contribution in [2.24, 2.45) is 11.8 Å². The highest BCUT2D eigenvalue weighted by atomic mass is 19.4. The summed E-state index contributed by atoms with van der Waals surface area (Å²) in [5.74, 6) is -5.15. The first-order chi connectivity index (χ1) is 11.2. The van der Waals surface area contributed by atoms with Crippen molar-refractivity contribution < 1.29 is 32.6 Å². The summed E-state index contributed by atoms with van der Waals surface area (Å²) in [6, 6.07) is -0.755. The summed E-state index contributed by atoms with van der Waals surface area (Å²) in [5, 5.41) is 11.8. The van der Waals surface area contributed by atoms with E-state index < -0.39 is 43.1 Å². The Balaban J connectivity index is 1.60. The third-order valence-electron chi connectivity index (χ3n) is 5.43. The van der Waals surface area contributed by atoms with Crippen molar-refractivity contribution in [3.05, 3.63) is 0 Å². The van der Waals surface area contributed by atoms with Crippen molar-refractivity contribution in [1.82, 2.24) is 10.2 Å². The fourth-order valence-electron chi connectivity index (χ4n) is 3.89. The van der Waals surface area contributed by atoms with Crippen molar-refractivity contribution in [3.63, 3.8) is 0 Å². The number of alkyl halides is 3. The predicted octanol–water partition coefficient (Wildman–Crippen LogP) is 1.99. The number of ether oxygens (including phenoxy) is 1. The van der Waals surface area contributed by atoms with Gasteiger partial charge in [-0.2, -0.15) is 13.2 Å². The zero-order valence-electron chi connectivity index (χ0n) is 13.1. The lowest BCUT2D eigenvalue weighted by Gasteiger charge is -2.47. The third-order valence-corrected chi connectivity index (χ3v) is 5.43. The molecule has 1 spiro atoms. The van der Waals surface area contributed by atoms with Crippen LogP contribution in [0.15, 0.2) is 0 Å². The van der Waals surface area contributed by atoms with Gasteiger partial charge in [-0.3, -0.25) is 4.79 Å². The number of carbonyl (C=O) groups is 2. The maximum atomic E-state index is 13.0. The Labute approximate surface area is 137 Å². The molecule has 2 amide bonds. The molecule has 24 heavy (non-hydrogen) atoms. The zero-order valence-corrected chi connectivity index (χ0v) is 13.1. The first kappa shape index (κ1) is 17.3. The number of urea groups is 1. The quantitative estimate of drug-likeness (QED) is 0.798. The number of nitrogens with one attached hydrogen (secondary N) is 1. The van der Waals surface area contributed by atoms with Crippen molar-refractivity contribution >= 4 is 12.0 Å². The van der Waals surface area contributed by atoms with Crippen LogP contribution in [-0.4, -0.2) is 59.5 Å². The Morgan fingerprint density at radius 3 is 2.46 bits per heavy atom. The van der Waals surface area contributed by atoms with Gasteiger partial charge in [0.05, 0.1) is 17.4 Å². The van der Waals surface area contributed by atoms with Gasteiger partial charge < -0.3 is 20.1 Å². The summed E-state index contributed by atoms with van der Waals surface area (Å²) in [5.41, 5.74) is -0.181. The standard InChI is InChI=1S/C15H21F3N2O4/c16-15(17,18)11-8-20(7-10(11)12(21)22)13(23)19-9-2-5-24-14(6-9)3-1-4-14/h9-11H,1-8H2,(H,19,23)(H,21,22)/t9?,10-,11-/m1/s1. The number of likely N-dealkylation sites (tertiary alicyclic amines) is 1. The van der Waals surface area contributed by atoms with Crippen LogP contribution in [0.3, 0.4) is 0 Å². The predicted molar refractivity (Wildman–Crippen MR) is 76.3 cm³/mol. The lowest BCUT2D eigenvalue weighted by molar-refractivity contribution is -0.187. The highest BCUT2D eigenvalue weighted by Crippen LogP contribution is 2.42. The number of halogens is 3. The molecule has 2 aliphatic heterocycles. The molecule has 6 nitrogen and oxygen atoms in total. The summed E-state index contributed by atoms with van der Waals surface area (Å²) in [4.78, 5) is 24.3. The average Bonchev–Trinajstić information content (AvgIpc) is 2.91. The van der Waals surface area contributed by atoms with Crippen LogP contribution in [0.25, 0.3) is 0 Å². The molecular weight excluding hydrogens is 329 g/mol. The van der Waals surface area contributed by atoms with E-state index in [2.05, 4.69) is 5.32 Å². The molecule has 1 saturated carbocycles. The topological polar surface area (TPSA) is 78.9 Å². The molecule has 3 fully saturated rings.